The van der Waals surface area contributed by atoms with Crippen LogP contribution in [0.15, 0.2) is 12.1 Å². The van der Waals surface area contributed by atoms with Gasteiger partial charge >= 0.3 is 5.97 Å². The number of hydrogen-bond acceptors (Lipinski definition) is 3. The molecular formula is C11H17NO2S. The Kier molecular flexibility index (Phi) is 4.29. The minimum absolute atomic E-state index is 0.106. The SMILES string of the molecule is Cc1ccc(CN(CC(=O)O)C(C)C)s1. The first-order chi connectivity index (χ1) is 6.99. The third-order valence-corrected chi connectivity index (χ3v) is 3.21. The van der Waals surface area contributed by atoms with E-state index in [4.69, 9.17) is 5.11 Å². The van der Waals surface area contributed by atoms with Crippen molar-refractivity contribution in [2.75, 3.05) is 6.54 Å². The van der Waals surface area contributed by atoms with E-state index in [1.807, 2.05) is 18.7 Å². The van der Waals surface area contributed by atoms with Crippen molar-refractivity contribution in [2.24, 2.45) is 0 Å². The molecule has 1 rings (SSSR count). The predicted octanol–water partition coefficient (Wildman–Crippen LogP) is 2.35. The van der Waals surface area contributed by atoms with Crippen LogP contribution in [0.1, 0.15) is 23.6 Å². The van der Waals surface area contributed by atoms with Crippen LogP contribution in [-0.2, 0) is 11.3 Å². The van der Waals surface area contributed by atoms with Gasteiger partial charge in [-0.1, -0.05) is 0 Å². The molecule has 1 aromatic rings. The Labute approximate surface area is 94.3 Å². The second kappa shape index (κ2) is 5.28. The zero-order valence-corrected chi connectivity index (χ0v) is 10.2. The summed E-state index contributed by atoms with van der Waals surface area (Å²) < 4.78 is 0. The fourth-order valence-corrected chi connectivity index (χ4v) is 2.28. The molecule has 0 aliphatic heterocycles. The maximum absolute atomic E-state index is 10.7. The molecule has 0 aliphatic rings. The molecule has 0 aromatic carbocycles. The molecule has 0 atom stereocenters. The fraction of sp³-hybridized carbons (Fsp3) is 0.545. The van der Waals surface area contributed by atoms with Gasteiger partial charge in [-0.05, 0) is 32.9 Å². The lowest BCUT2D eigenvalue weighted by Crippen LogP contribution is -2.34. The van der Waals surface area contributed by atoms with Gasteiger partial charge < -0.3 is 5.11 Å². The molecule has 84 valence electrons. The number of carboxylic acids is 1. The van der Waals surface area contributed by atoms with Gasteiger partial charge in [0.05, 0.1) is 6.54 Å². The predicted molar refractivity (Wildman–Crippen MR) is 62.2 cm³/mol. The van der Waals surface area contributed by atoms with Gasteiger partial charge in [-0.25, -0.2) is 0 Å². The number of carboxylic acid groups (broad SMARTS) is 1. The quantitative estimate of drug-likeness (QED) is 0.839. The third-order valence-electron chi connectivity index (χ3n) is 2.22. The molecule has 0 aliphatic carbocycles. The van der Waals surface area contributed by atoms with E-state index < -0.39 is 5.97 Å². The summed E-state index contributed by atoms with van der Waals surface area (Å²) in [6.07, 6.45) is 0. The van der Waals surface area contributed by atoms with E-state index >= 15 is 0 Å². The number of aliphatic carboxylic acids is 1. The van der Waals surface area contributed by atoms with Gasteiger partial charge in [0.25, 0.3) is 0 Å². The van der Waals surface area contributed by atoms with Crippen LogP contribution < -0.4 is 0 Å². The van der Waals surface area contributed by atoms with Crippen molar-refractivity contribution < 1.29 is 9.90 Å². The van der Waals surface area contributed by atoms with Crippen LogP contribution in [0.25, 0.3) is 0 Å². The molecule has 1 N–H and O–H groups in total. The Balaban J connectivity index is 2.62. The van der Waals surface area contributed by atoms with E-state index in [1.54, 1.807) is 11.3 Å². The lowest BCUT2D eigenvalue weighted by atomic mass is 10.3. The number of hydrogen-bond donors (Lipinski definition) is 1. The van der Waals surface area contributed by atoms with E-state index in [1.165, 1.54) is 9.75 Å². The molecule has 0 saturated heterocycles. The van der Waals surface area contributed by atoms with Crippen LogP contribution in [0.3, 0.4) is 0 Å². The maximum atomic E-state index is 10.7. The minimum Gasteiger partial charge on any atom is -0.480 e. The Morgan fingerprint density at radius 2 is 2.20 bits per heavy atom. The molecule has 0 spiro atoms. The molecule has 0 unspecified atom stereocenters. The van der Waals surface area contributed by atoms with Gasteiger partial charge in [-0.2, -0.15) is 0 Å². The van der Waals surface area contributed by atoms with Crippen LogP contribution in [0.4, 0.5) is 0 Å². The third kappa shape index (κ3) is 4.01. The highest BCUT2D eigenvalue weighted by Crippen LogP contribution is 2.18. The zero-order chi connectivity index (χ0) is 11.4. The summed E-state index contributed by atoms with van der Waals surface area (Å²) in [6, 6.07) is 4.39. The Bertz CT molecular complexity index is 333. The fourth-order valence-electron chi connectivity index (χ4n) is 1.37. The van der Waals surface area contributed by atoms with E-state index in [-0.39, 0.29) is 12.6 Å². The molecule has 0 amide bonds. The van der Waals surface area contributed by atoms with Gasteiger partial charge in [0, 0.05) is 22.3 Å². The lowest BCUT2D eigenvalue weighted by Gasteiger charge is -2.23. The average molecular weight is 227 g/mol. The standard InChI is InChI=1S/C11H17NO2S/c1-8(2)12(7-11(13)14)6-10-5-4-9(3)15-10/h4-5,8H,6-7H2,1-3H3,(H,13,14). The van der Waals surface area contributed by atoms with Crippen LogP contribution in [0.5, 0.6) is 0 Å². The second-order valence-corrected chi connectivity index (χ2v) is 5.28. The molecule has 0 saturated carbocycles. The van der Waals surface area contributed by atoms with Crippen molar-refractivity contribution in [1.29, 1.82) is 0 Å². The zero-order valence-electron chi connectivity index (χ0n) is 9.36. The Morgan fingerprint density at radius 3 is 2.60 bits per heavy atom. The first kappa shape index (κ1) is 12.2. The Hall–Kier alpha value is -0.870. The highest BCUT2D eigenvalue weighted by molar-refractivity contribution is 7.11. The number of aryl methyl sites for hydroxylation is 1. The smallest absolute Gasteiger partial charge is 0.317 e. The summed E-state index contributed by atoms with van der Waals surface area (Å²) in [5.74, 6) is -0.767. The Morgan fingerprint density at radius 1 is 1.53 bits per heavy atom. The van der Waals surface area contributed by atoms with E-state index in [9.17, 15) is 4.79 Å². The first-order valence-corrected chi connectivity index (χ1v) is 5.82. The van der Waals surface area contributed by atoms with Crippen LogP contribution in [0.2, 0.25) is 0 Å². The van der Waals surface area contributed by atoms with Crippen molar-refractivity contribution in [3.63, 3.8) is 0 Å². The number of carbonyl (C=O) groups is 1. The van der Waals surface area contributed by atoms with Gasteiger partial charge in [-0.3, -0.25) is 9.69 Å². The van der Waals surface area contributed by atoms with Crippen molar-refractivity contribution >= 4 is 17.3 Å². The van der Waals surface area contributed by atoms with Crippen LogP contribution in [0, 0.1) is 6.92 Å². The van der Waals surface area contributed by atoms with Crippen molar-refractivity contribution in [1.82, 2.24) is 4.90 Å². The highest BCUT2D eigenvalue weighted by Gasteiger charge is 2.14. The van der Waals surface area contributed by atoms with Gasteiger partial charge in [0.1, 0.15) is 0 Å². The lowest BCUT2D eigenvalue weighted by molar-refractivity contribution is -0.138. The average Bonchev–Trinajstić information content (AvgIpc) is 2.49. The summed E-state index contributed by atoms with van der Waals surface area (Å²) in [7, 11) is 0. The summed E-state index contributed by atoms with van der Waals surface area (Å²) in [4.78, 5) is 15.1. The molecule has 4 heteroatoms. The van der Waals surface area contributed by atoms with Crippen molar-refractivity contribution in [2.45, 2.75) is 33.4 Å². The highest BCUT2D eigenvalue weighted by atomic mass is 32.1. The maximum Gasteiger partial charge on any atom is 0.317 e. The molecule has 15 heavy (non-hydrogen) atoms. The van der Waals surface area contributed by atoms with Crippen molar-refractivity contribution in [3.8, 4) is 0 Å². The summed E-state index contributed by atoms with van der Waals surface area (Å²) >= 11 is 1.73. The van der Waals surface area contributed by atoms with E-state index in [0.717, 1.165) is 6.54 Å². The van der Waals surface area contributed by atoms with Crippen LogP contribution >= 0.6 is 11.3 Å². The number of nitrogens with zero attached hydrogens (tertiary/aromatic N) is 1. The molecule has 0 bridgehead atoms. The molecule has 0 fully saturated rings. The first-order valence-electron chi connectivity index (χ1n) is 5.00. The van der Waals surface area contributed by atoms with Gasteiger partial charge in [-0.15, -0.1) is 11.3 Å². The van der Waals surface area contributed by atoms with E-state index in [0.29, 0.717) is 0 Å². The molecule has 0 radical (unpaired) electrons. The molecule has 1 aromatic heterocycles. The second-order valence-electron chi connectivity index (χ2n) is 3.90. The number of rotatable bonds is 5. The molecule has 1 heterocycles. The summed E-state index contributed by atoms with van der Waals surface area (Å²) in [5, 5.41) is 8.78. The summed E-state index contributed by atoms with van der Waals surface area (Å²) in [5.41, 5.74) is 0. The summed E-state index contributed by atoms with van der Waals surface area (Å²) in [6.45, 7) is 6.93. The topological polar surface area (TPSA) is 40.5 Å². The van der Waals surface area contributed by atoms with Gasteiger partial charge in [0.2, 0.25) is 0 Å². The van der Waals surface area contributed by atoms with E-state index in [2.05, 4.69) is 19.1 Å². The monoisotopic (exact) mass is 227 g/mol. The molecule has 3 nitrogen and oxygen atoms in total. The normalized spacial score (nSPS) is 11.3. The minimum atomic E-state index is -0.767. The van der Waals surface area contributed by atoms with Gasteiger partial charge in [0.15, 0.2) is 0 Å². The van der Waals surface area contributed by atoms with Crippen molar-refractivity contribution in [3.05, 3.63) is 21.9 Å². The van der Waals surface area contributed by atoms with Crippen LogP contribution in [-0.4, -0.2) is 28.6 Å². The largest absolute Gasteiger partial charge is 0.480 e. The molecular weight excluding hydrogens is 210 g/mol. The number of thiophene rings is 1.